The predicted octanol–water partition coefficient (Wildman–Crippen LogP) is 3.63. The van der Waals surface area contributed by atoms with E-state index >= 15 is 0 Å². The fourth-order valence-electron chi connectivity index (χ4n) is 5.01. The molecule has 6 nitrogen and oxygen atoms in total. The van der Waals surface area contributed by atoms with Crippen LogP contribution in [-0.2, 0) is 4.74 Å². The van der Waals surface area contributed by atoms with E-state index < -0.39 is 0 Å². The second-order valence-electron chi connectivity index (χ2n) is 8.66. The molecule has 0 radical (unpaired) electrons. The number of carbonyl (C=O) groups excluding carboxylic acids is 1. The van der Waals surface area contributed by atoms with Gasteiger partial charge in [0.15, 0.2) is 0 Å². The Morgan fingerprint density at radius 3 is 2.83 bits per heavy atom. The summed E-state index contributed by atoms with van der Waals surface area (Å²) >= 11 is 0. The van der Waals surface area contributed by atoms with Gasteiger partial charge in [-0.05, 0) is 49.3 Å². The maximum Gasteiger partial charge on any atom is 0.341 e. The molecule has 0 saturated carbocycles. The summed E-state index contributed by atoms with van der Waals surface area (Å²) in [5.74, 6) is 1.52. The first-order chi connectivity index (χ1) is 14.0. The fraction of sp³-hybridized carbons (Fsp3) is 0.522. The Hall–Kier alpha value is -2.63. The second kappa shape index (κ2) is 8.01. The Morgan fingerprint density at radius 2 is 2.07 bits per heavy atom. The molecule has 0 N–H and O–H groups in total. The van der Waals surface area contributed by atoms with Gasteiger partial charge in [-0.15, -0.1) is 0 Å². The highest BCUT2D eigenvalue weighted by Gasteiger charge is 2.41. The van der Waals surface area contributed by atoms with Gasteiger partial charge in [-0.3, -0.25) is 4.79 Å². The smallest absolute Gasteiger partial charge is 0.341 e. The summed E-state index contributed by atoms with van der Waals surface area (Å²) in [6.07, 6.45) is 4.87. The second-order valence-corrected chi connectivity index (χ2v) is 8.66. The average molecular weight is 396 g/mol. The molecular weight excluding hydrogens is 366 g/mol. The average Bonchev–Trinajstić information content (AvgIpc) is 2.73. The number of pyridine rings is 2. The van der Waals surface area contributed by atoms with Gasteiger partial charge < -0.3 is 14.2 Å². The van der Waals surface area contributed by atoms with Crippen LogP contribution in [0.25, 0.3) is 0 Å². The fourth-order valence-corrected chi connectivity index (χ4v) is 5.01. The molecule has 0 aliphatic carbocycles. The van der Waals surface area contributed by atoms with Crippen molar-refractivity contribution in [3.8, 4) is 0 Å². The van der Waals surface area contributed by atoms with E-state index in [1.807, 2.05) is 6.07 Å². The lowest BCUT2D eigenvalue weighted by Gasteiger charge is -2.47. The monoisotopic (exact) mass is 395 g/mol. The van der Waals surface area contributed by atoms with Gasteiger partial charge in [0.2, 0.25) is 0 Å². The van der Waals surface area contributed by atoms with Crippen LogP contribution in [0, 0.1) is 11.8 Å². The zero-order chi connectivity index (χ0) is 20.5. The summed E-state index contributed by atoms with van der Waals surface area (Å²) in [4.78, 5) is 31.8. The molecule has 2 aliphatic heterocycles. The highest BCUT2D eigenvalue weighted by Crippen LogP contribution is 2.44. The SMILES string of the molecule is COC(=O)c1cccnc1N1C[C@H]2C[C@@H](C1)[C@H](CCC(C)C)n1c2cccc1=O. The number of fused-ring (bicyclic) bond motifs is 4. The predicted molar refractivity (Wildman–Crippen MR) is 112 cm³/mol. The Morgan fingerprint density at radius 1 is 1.24 bits per heavy atom. The summed E-state index contributed by atoms with van der Waals surface area (Å²) in [7, 11) is 1.40. The molecule has 0 unspecified atom stereocenters. The topological polar surface area (TPSA) is 64.4 Å². The Labute approximate surface area is 171 Å². The third kappa shape index (κ3) is 3.68. The lowest BCUT2D eigenvalue weighted by molar-refractivity contribution is 0.0600. The lowest BCUT2D eigenvalue weighted by atomic mass is 9.76. The summed E-state index contributed by atoms with van der Waals surface area (Å²) in [6.45, 7) is 5.99. The Kier molecular flexibility index (Phi) is 5.43. The number of aromatic nitrogens is 2. The summed E-state index contributed by atoms with van der Waals surface area (Å²) in [5, 5.41) is 0. The van der Waals surface area contributed by atoms with Crippen LogP contribution in [0.3, 0.4) is 0 Å². The van der Waals surface area contributed by atoms with Crippen LogP contribution in [0.1, 0.15) is 61.1 Å². The number of ether oxygens (including phenoxy) is 1. The number of rotatable bonds is 5. The molecule has 2 aliphatic rings. The van der Waals surface area contributed by atoms with Crippen LogP contribution in [-0.4, -0.2) is 35.7 Å². The molecule has 29 heavy (non-hydrogen) atoms. The number of methoxy groups -OCH3 is 1. The van der Waals surface area contributed by atoms with Crippen molar-refractivity contribution < 1.29 is 9.53 Å². The summed E-state index contributed by atoms with van der Waals surface area (Å²) in [5.41, 5.74) is 1.72. The molecule has 2 bridgehead atoms. The van der Waals surface area contributed by atoms with Crippen LogP contribution in [0.15, 0.2) is 41.3 Å². The number of esters is 1. The number of carbonyl (C=O) groups is 1. The maximum atomic E-state index is 12.8. The highest BCUT2D eigenvalue weighted by atomic mass is 16.5. The quantitative estimate of drug-likeness (QED) is 0.724. The van der Waals surface area contributed by atoms with E-state index in [-0.39, 0.29) is 23.5 Å². The zero-order valence-corrected chi connectivity index (χ0v) is 17.4. The van der Waals surface area contributed by atoms with Crippen molar-refractivity contribution in [1.82, 2.24) is 9.55 Å². The van der Waals surface area contributed by atoms with Crippen LogP contribution < -0.4 is 10.5 Å². The van der Waals surface area contributed by atoms with Crippen molar-refractivity contribution in [3.05, 3.63) is 58.1 Å². The molecule has 6 heteroatoms. The van der Waals surface area contributed by atoms with Gasteiger partial charge in [-0.2, -0.15) is 0 Å². The van der Waals surface area contributed by atoms with Crippen LogP contribution in [0.2, 0.25) is 0 Å². The lowest BCUT2D eigenvalue weighted by Crippen LogP contribution is -2.50. The molecule has 1 fully saturated rings. The van der Waals surface area contributed by atoms with Crippen molar-refractivity contribution >= 4 is 11.8 Å². The summed E-state index contributed by atoms with van der Waals surface area (Å²) in [6, 6.07) is 9.36. The van der Waals surface area contributed by atoms with Crippen molar-refractivity contribution in [2.24, 2.45) is 11.8 Å². The number of anilines is 1. The third-order valence-electron chi connectivity index (χ3n) is 6.33. The summed E-state index contributed by atoms with van der Waals surface area (Å²) < 4.78 is 7.02. The molecular formula is C23H29N3O3. The van der Waals surface area contributed by atoms with Crippen LogP contribution >= 0.6 is 0 Å². The molecule has 154 valence electrons. The third-order valence-corrected chi connectivity index (χ3v) is 6.33. The van der Waals surface area contributed by atoms with Crippen LogP contribution in [0.5, 0.6) is 0 Å². The van der Waals surface area contributed by atoms with Gasteiger partial charge in [-0.25, -0.2) is 9.78 Å². The normalized spacial score (nSPS) is 23.0. The number of nitrogens with zero attached hydrogens (tertiary/aromatic N) is 3. The van der Waals surface area contributed by atoms with Crippen molar-refractivity contribution in [2.45, 2.75) is 45.1 Å². The van der Waals surface area contributed by atoms with Crippen molar-refractivity contribution in [2.75, 3.05) is 25.1 Å². The van der Waals surface area contributed by atoms with E-state index in [0.717, 1.165) is 38.0 Å². The number of hydrogen-bond acceptors (Lipinski definition) is 5. The van der Waals surface area contributed by atoms with Gasteiger partial charge in [0, 0.05) is 43.0 Å². The molecule has 3 atom stereocenters. The van der Waals surface area contributed by atoms with Gasteiger partial charge in [0.1, 0.15) is 11.4 Å². The molecule has 0 spiro atoms. The minimum absolute atomic E-state index is 0.104. The van der Waals surface area contributed by atoms with Crippen molar-refractivity contribution in [3.63, 3.8) is 0 Å². The first-order valence-corrected chi connectivity index (χ1v) is 10.5. The standard InChI is InChI=1S/C23H29N3O3/c1-15(2)9-10-20-17-12-16(19-7-4-8-21(27)26(19)20)13-25(14-17)22-18(23(28)29-3)6-5-11-24-22/h4-8,11,15-17,20H,9-10,12-14H2,1-3H3/t16-,17+,20+/m1/s1. The van der Waals surface area contributed by atoms with E-state index in [1.54, 1.807) is 24.4 Å². The van der Waals surface area contributed by atoms with E-state index in [1.165, 1.54) is 7.11 Å². The molecule has 0 aromatic carbocycles. The number of hydrogen-bond donors (Lipinski definition) is 0. The van der Waals surface area contributed by atoms with E-state index in [0.29, 0.717) is 23.2 Å². The molecule has 0 amide bonds. The van der Waals surface area contributed by atoms with Gasteiger partial charge in [0.05, 0.1) is 7.11 Å². The molecule has 2 aromatic rings. The minimum Gasteiger partial charge on any atom is -0.465 e. The molecule has 4 heterocycles. The van der Waals surface area contributed by atoms with Crippen molar-refractivity contribution in [1.29, 1.82) is 0 Å². The van der Waals surface area contributed by atoms with E-state index in [4.69, 9.17) is 4.74 Å². The molecule has 4 rings (SSSR count). The zero-order valence-electron chi connectivity index (χ0n) is 17.4. The molecule has 2 aromatic heterocycles. The largest absolute Gasteiger partial charge is 0.465 e. The first kappa shape index (κ1) is 19.7. The van der Waals surface area contributed by atoms with Gasteiger partial charge in [-0.1, -0.05) is 19.9 Å². The molecule has 1 saturated heterocycles. The Bertz CT molecular complexity index is 952. The highest BCUT2D eigenvalue weighted by molar-refractivity contribution is 5.94. The van der Waals surface area contributed by atoms with Gasteiger partial charge in [0.25, 0.3) is 5.56 Å². The Balaban J connectivity index is 1.72. The first-order valence-electron chi connectivity index (χ1n) is 10.5. The number of piperidine rings is 1. The van der Waals surface area contributed by atoms with E-state index in [9.17, 15) is 9.59 Å². The maximum absolute atomic E-state index is 12.8. The van der Waals surface area contributed by atoms with Crippen LogP contribution in [0.4, 0.5) is 5.82 Å². The minimum atomic E-state index is -0.364. The van der Waals surface area contributed by atoms with Gasteiger partial charge >= 0.3 is 5.97 Å². The van der Waals surface area contributed by atoms with E-state index in [2.05, 4.69) is 34.4 Å².